The third-order valence-electron chi connectivity index (χ3n) is 5.85. The number of ketones is 1. The normalized spacial score (nSPS) is 17.7. The molecular formula is C18H40O6Si2. The molecule has 0 rings (SSSR count). The molecule has 0 unspecified atom stereocenters. The summed E-state index contributed by atoms with van der Waals surface area (Å²) in [5.74, 6) is -0.631. The van der Waals surface area contributed by atoms with Crippen molar-refractivity contribution in [2.75, 3.05) is 13.2 Å². The van der Waals surface area contributed by atoms with E-state index >= 15 is 0 Å². The summed E-state index contributed by atoms with van der Waals surface area (Å²) in [6.07, 6.45) is -4.64. The Bertz CT molecular complexity index is 465. The van der Waals surface area contributed by atoms with E-state index in [0.717, 1.165) is 0 Å². The minimum atomic E-state index is -2.13. The predicted octanol–water partition coefficient (Wildman–Crippen LogP) is 2.68. The number of Topliss-reactive ketones (excluding diaryl/α,β-unsaturated/α-hetero) is 1. The van der Waals surface area contributed by atoms with E-state index < -0.39 is 40.7 Å². The van der Waals surface area contributed by atoms with Crippen LogP contribution in [0.4, 0.5) is 0 Å². The zero-order valence-electron chi connectivity index (χ0n) is 18.2. The molecule has 0 saturated carbocycles. The fourth-order valence-corrected chi connectivity index (χ4v) is 3.52. The summed E-state index contributed by atoms with van der Waals surface area (Å²) in [5.41, 5.74) is 0. The van der Waals surface area contributed by atoms with Gasteiger partial charge in [-0.15, -0.1) is 0 Å². The Hall–Kier alpha value is -0.0962. The Morgan fingerprint density at radius 2 is 1.23 bits per heavy atom. The second kappa shape index (κ2) is 8.94. The molecule has 0 aromatic rings. The van der Waals surface area contributed by atoms with E-state index in [4.69, 9.17) is 8.85 Å². The third-order valence-corrected chi connectivity index (χ3v) is 14.8. The Labute approximate surface area is 161 Å². The molecule has 0 aromatic heterocycles. The maximum Gasteiger partial charge on any atom is 0.192 e. The summed E-state index contributed by atoms with van der Waals surface area (Å²) >= 11 is 0. The number of hydrogen-bond acceptors (Lipinski definition) is 6. The summed E-state index contributed by atoms with van der Waals surface area (Å²) in [5, 5.41) is 30.2. The predicted molar refractivity (Wildman–Crippen MR) is 109 cm³/mol. The zero-order chi connectivity index (χ0) is 21.1. The van der Waals surface area contributed by atoms with Crippen molar-refractivity contribution in [3.8, 4) is 0 Å². The van der Waals surface area contributed by atoms with Crippen LogP contribution in [0.3, 0.4) is 0 Å². The highest BCUT2D eigenvalue weighted by atomic mass is 28.4. The molecule has 0 amide bonds. The van der Waals surface area contributed by atoms with Gasteiger partial charge in [-0.25, -0.2) is 0 Å². The lowest BCUT2D eigenvalue weighted by Crippen LogP contribution is -2.50. The van der Waals surface area contributed by atoms with Crippen molar-refractivity contribution in [1.82, 2.24) is 0 Å². The summed E-state index contributed by atoms with van der Waals surface area (Å²) in [6, 6.07) is 0. The Balaban J connectivity index is 4.70. The molecule has 0 fully saturated rings. The molecule has 3 N–H and O–H groups in total. The molecule has 0 heterocycles. The third kappa shape index (κ3) is 7.14. The molecule has 0 aliphatic rings. The number of carbonyl (C=O) groups excluding carboxylic acids is 1. The van der Waals surface area contributed by atoms with Crippen molar-refractivity contribution in [2.24, 2.45) is 0 Å². The van der Waals surface area contributed by atoms with Crippen LogP contribution in [0.5, 0.6) is 0 Å². The molecule has 0 bridgehead atoms. The maximum atomic E-state index is 12.2. The largest absolute Gasteiger partial charge is 0.414 e. The Morgan fingerprint density at radius 3 is 1.62 bits per heavy atom. The molecule has 0 aliphatic heterocycles. The quantitative estimate of drug-likeness (QED) is 0.508. The van der Waals surface area contributed by atoms with Gasteiger partial charge in [-0.1, -0.05) is 41.5 Å². The molecule has 26 heavy (non-hydrogen) atoms. The summed E-state index contributed by atoms with van der Waals surface area (Å²) < 4.78 is 11.6. The lowest BCUT2D eigenvalue weighted by Gasteiger charge is -2.37. The van der Waals surface area contributed by atoms with Crippen LogP contribution in [0.2, 0.25) is 36.3 Å². The van der Waals surface area contributed by atoms with Gasteiger partial charge in [0.2, 0.25) is 0 Å². The molecule has 8 heteroatoms. The highest BCUT2D eigenvalue weighted by Crippen LogP contribution is 2.37. The fourth-order valence-electron chi connectivity index (χ4n) is 1.56. The zero-order valence-corrected chi connectivity index (χ0v) is 20.2. The van der Waals surface area contributed by atoms with Gasteiger partial charge in [0.05, 0.1) is 13.2 Å². The average molecular weight is 409 g/mol. The first kappa shape index (κ1) is 25.9. The lowest BCUT2D eigenvalue weighted by atomic mass is 10.1. The fraction of sp³-hybridized carbons (Fsp3) is 0.944. The van der Waals surface area contributed by atoms with E-state index in [1.165, 1.54) is 0 Å². The second-order valence-electron chi connectivity index (χ2n) is 10.1. The van der Waals surface area contributed by atoms with Gasteiger partial charge in [-0.3, -0.25) is 4.79 Å². The van der Waals surface area contributed by atoms with Gasteiger partial charge in [0.15, 0.2) is 22.4 Å². The van der Waals surface area contributed by atoms with Crippen LogP contribution in [0, 0.1) is 0 Å². The van der Waals surface area contributed by atoms with Crippen molar-refractivity contribution >= 4 is 22.4 Å². The SMILES string of the molecule is CC(C)(C)[Si](C)(C)OCC(=O)[C@@H](O)[C@@H](O)[C@@H](O)CO[Si](C)(C)C(C)(C)C. The molecule has 0 radical (unpaired) electrons. The highest BCUT2D eigenvalue weighted by Gasteiger charge is 2.40. The molecule has 0 aliphatic carbocycles. The minimum absolute atomic E-state index is 0.0386. The van der Waals surface area contributed by atoms with Crippen LogP contribution in [0.15, 0.2) is 0 Å². The molecule has 0 saturated heterocycles. The van der Waals surface area contributed by atoms with Gasteiger partial charge >= 0.3 is 0 Å². The van der Waals surface area contributed by atoms with Gasteiger partial charge in [0.1, 0.15) is 18.3 Å². The van der Waals surface area contributed by atoms with E-state index in [-0.39, 0.29) is 23.3 Å². The van der Waals surface area contributed by atoms with Crippen molar-refractivity contribution in [1.29, 1.82) is 0 Å². The molecular weight excluding hydrogens is 368 g/mol. The molecule has 0 spiro atoms. The Kier molecular flexibility index (Phi) is 8.90. The van der Waals surface area contributed by atoms with Gasteiger partial charge < -0.3 is 24.2 Å². The molecule has 156 valence electrons. The first-order valence-corrected chi connectivity index (χ1v) is 15.0. The minimum Gasteiger partial charge on any atom is -0.414 e. The van der Waals surface area contributed by atoms with Crippen LogP contribution in [-0.4, -0.2) is 69.3 Å². The number of aliphatic hydroxyl groups excluding tert-OH is 3. The number of rotatable bonds is 9. The number of carbonyl (C=O) groups is 1. The van der Waals surface area contributed by atoms with Crippen molar-refractivity contribution in [2.45, 2.75) is 96.1 Å². The van der Waals surface area contributed by atoms with Crippen LogP contribution in [-0.2, 0) is 13.6 Å². The lowest BCUT2D eigenvalue weighted by molar-refractivity contribution is -0.142. The van der Waals surface area contributed by atoms with Crippen LogP contribution in [0.1, 0.15) is 41.5 Å². The van der Waals surface area contributed by atoms with Gasteiger partial charge in [0, 0.05) is 0 Å². The summed E-state index contributed by atoms with van der Waals surface area (Å²) in [7, 11) is -4.23. The summed E-state index contributed by atoms with van der Waals surface area (Å²) in [6.45, 7) is 20.0. The number of hydrogen-bond donors (Lipinski definition) is 3. The smallest absolute Gasteiger partial charge is 0.192 e. The average Bonchev–Trinajstić information content (AvgIpc) is 2.46. The van der Waals surface area contributed by atoms with Crippen LogP contribution >= 0.6 is 0 Å². The highest BCUT2D eigenvalue weighted by molar-refractivity contribution is 6.74. The monoisotopic (exact) mass is 408 g/mol. The maximum absolute atomic E-state index is 12.2. The van der Waals surface area contributed by atoms with Crippen molar-refractivity contribution < 1.29 is 29.0 Å². The Morgan fingerprint density at radius 1 is 0.846 bits per heavy atom. The van der Waals surface area contributed by atoms with Crippen LogP contribution in [0.25, 0.3) is 0 Å². The van der Waals surface area contributed by atoms with Crippen molar-refractivity contribution in [3.05, 3.63) is 0 Å². The van der Waals surface area contributed by atoms with Gasteiger partial charge in [-0.2, -0.15) is 0 Å². The van der Waals surface area contributed by atoms with E-state index in [0.29, 0.717) is 0 Å². The van der Waals surface area contributed by atoms with Crippen LogP contribution < -0.4 is 0 Å². The second-order valence-corrected chi connectivity index (χ2v) is 19.7. The number of aliphatic hydroxyl groups is 3. The van der Waals surface area contributed by atoms with Crippen molar-refractivity contribution in [3.63, 3.8) is 0 Å². The first-order chi connectivity index (χ1) is 11.3. The van der Waals surface area contributed by atoms with Gasteiger partial charge in [-0.05, 0) is 36.3 Å². The van der Waals surface area contributed by atoms with E-state index in [1.54, 1.807) is 0 Å². The molecule has 0 aromatic carbocycles. The van der Waals surface area contributed by atoms with E-state index in [2.05, 4.69) is 41.5 Å². The molecule has 6 nitrogen and oxygen atoms in total. The standard InChI is InChI=1S/C18H40O6Si2/c1-17(2,3)25(7,8)23-11-13(19)15(21)16(22)14(20)12-24-26(9,10)18(4,5)6/h13,15-16,19,21-22H,11-12H2,1-10H3/t13-,15-,16+/m0/s1. The summed E-state index contributed by atoms with van der Waals surface area (Å²) in [4.78, 5) is 12.2. The van der Waals surface area contributed by atoms with E-state index in [9.17, 15) is 20.1 Å². The first-order valence-electron chi connectivity index (χ1n) is 9.18. The van der Waals surface area contributed by atoms with E-state index in [1.807, 2.05) is 26.2 Å². The topological polar surface area (TPSA) is 96.2 Å². The van der Waals surface area contributed by atoms with Gasteiger partial charge in [0.25, 0.3) is 0 Å². The molecule has 3 atom stereocenters.